The maximum absolute atomic E-state index is 5.56. The number of hydrogen-bond acceptors (Lipinski definition) is 3. The number of halogens is 2. The number of rotatable bonds is 2. The zero-order valence-corrected chi connectivity index (χ0v) is 9.76. The lowest BCUT2D eigenvalue weighted by molar-refractivity contribution is 0.565. The van der Waals surface area contributed by atoms with Gasteiger partial charge in [0.25, 0.3) is 0 Å². The number of aromatic amines is 1. The highest BCUT2D eigenvalue weighted by atomic mass is 35.5. The minimum absolute atomic E-state index is 0. The van der Waals surface area contributed by atoms with E-state index in [2.05, 4.69) is 15.3 Å². The van der Waals surface area contributed by atoms with Crippen molar-refractivity contribution in [1.82, 2.24) is 20.0 Å². The van der Waals surface area contributed by atoms with Crippen LogP contribution in [0.15, 0.2) is 24.8 Å². The first-order chi connectivity index (χ1) is 6.27. The molecular formula is C8H13Cl2N5. The number of nitrogens with zero attached hydrogens (tertiary/aromatic N) is 3. The van der Waals surface area contributed by atoms with Gasteiger partial charge < -0.3 is 5.73 Å². The summed E-state index contributed by atoms with van der Waals surface area (Å²) in [6.07, 6.45) is 7.07. The third-order valence-corrected chi connectivity index (χ3v) is 2.02. The Balaban J connectivity index is 0.000000980. The molecule has 2 aromatic rings. The lowest BCUT2D eigenvalue weighted by Crippen LogP contribution is -2.05. The van der Waals surface area contributed by atoms with Gasteiger partial charge in [0.1, 0.15) is 0 Å². The van der Waals surface area contributed by atoms with Crippen LogP contribution < -0.4 is 5.73 Å². The van der Waals surface area contributed by atoms with E-state index in [0.29, 0.717) is 5.69 Å². The standard InChI is InChI=1S/C8H11N5.2ClH/c1-6(7-2-10-11-3-7)13-5-8(9)4-12-13;;/h2-6H,9H2,1H3,(H,10,11);2*1H. The summed E-state index contributed by atoms with van der Waals surface area (Å²) in [7, 11) is 0. The smallest absolute Gasteiger partial charge is 0.0771 e. The summed E-state index contributed by atoms with van der Waals surface area (Å²) in [6.45, 7) is 2.04. The Hall–Kier alpha value is -1.20. The highest BCUT2D eigenvalue weighted by Crippen LogP contribution is 2.15. The van der Waals surface area contributed by atoms with Crippen LogP contribution in [0.3, 0.4) is 0 Å². The number of H-pyrrole nitrogens is 1. The van der Waals surface area contributed by atoms with Crippen molar-refractivity contribution in [2.75, 3.05) is 5.73 Å². The van der Waals surface area contributed by atoms with Crippen molar-refractivity contribution in [1.29, 1.82) is 0 Å². The van der Waals surface area contributed by atoms with Gasteiger partial charge in [-0.2, -0.15) is 10.2 Å². The van der Waals surface area contributed by atoms with E-state index >= 15 is 0 Å². The molecule has 0 bridgehead atoms. The van der Waals surface area contributed by atoms with Crippen LogP contribution in [-0.2, 0) is 0 Å². The van der Waals surface area contributed by atoms with Gasteiger partial charge in [-0.05, 0) is 6.92 Å². The van der Waals surface area contributed by atoms with Crippen molar-refractivity contribution in [3.05, 3.63) is 30.4 Å². The summed E-state index contributed by atoms with van der Waals surface area (Å²) >= 11 is 0. The second-order valence-corrected chi connectivity index (χ2v) is 2.96. The molecule has 0 aromatic carbocycles. The second kappa shape index (κ2) is 5.63. The lowest BCUT2D eigenvalue weighted by atomic mass is 10.2. The fraction of sp³-hybridized carbons (Fsp3) is 0.250. The third-order valence-electron chi connectivity index (χ3n) is 2.02. The average molecular weight is 250 g/mol. The molecule has 0 fully saturated rings. The molecule has 15 heavy (non-hydrogen) atoms. The third kappa shape index (κ3) is 2.87. The van der Waals surface area contributed by atoms with Crippen molar-refractivity contribution in [2.24, 2.45) is 0 Å². The normalized spacial score (nSPS) is 11.3. The topological polar surface area (TPSA) is 72.5 Å². The second-order valence-electron chi connectivity index (χ2n) is 2.96. The molecule has 0 amide bonds. The summed E-state index contributed by atoms with van der Waals surface area (Å²) < 4.78 is 1.81. The van der Waals surface area contributed by atoms with Gasteiger partial charge >= 0.3 is 0 Å². The molecule has 5 nitrogen and oxygen atoms in total. The van der Waals surface area contributed by atoms with E-state index in [1.54, 1.807) is 23.3 Å². The first kappa shape index (κ1) is 13.8. The summed E-state index contributed by atoms with van der Waals surface area (Å²) in [5.41, 5.74) is 7.33. The molecule has 2 aromatic heterocycles. The summed E-state index contributed by atoms with van der Waals surface area (Å²) in [5, 5.41) is 10.8. The lowest BCUT2D eigenvalue weighted by Gasteiger charge is -2.08. The predicted octanol–water partition coefficient (Wildman–Crippen LogP) is 1.64. The van der Waals surface area contributed by atoms with E-state index in [4.69, 9.17) is 5.73 Å². The monoisotopic (exact) mass is 249 g/mol. The molecule has 0 saturated carbocycles. The van der Waals surface area contributed by atoms with Crippen LogP contribution in [0.1, 0.15) is 18.5 Å². The highest BCUT2D eigenvalue weighted by molar-refractivity contribution is 5.85. The number of anilines is 1. The Bertz CT molecular complexity index is 383. The van der Waals surface area contributed by atoms with Crippen molar-refractivity contribution < 1.29 is 0 Å². The Morgan fingerprint density at radius 2 is 2.13 bits per heavy atom. The van der Waals surface area contributed by atoms with Crippen LogP contribution >= 0.6 is 24.8 Å². The van der Waals surface area contributed by atoms with Gasteiger partial charge in [-0.1, -0.05) is 0 Å². The van der Waals surface area contributed by atoms with Gasteiger partial charge in [0, 0.05) is 18.0 Å². The Kier molecular flexibility index (Phi) is 5.18. The minimum atomic E-state index is 0. The largest absolute Gasteiger partial charge is 0.396 e. The minimum Gasteiger partial charge on any atom is -0.396 e. The van der Waals surface area contributed by atoms with E-state index in [9.17, 15) is 0 Å². The quantitative estimate of drug-likeness (QED) is 0.850. The number of nitrogens with one attached hydrogen (secondary N) is 1. The van der Waals surface area contributed by atoms with Gasteiger partial charge in [-0.25, -0.2) is 0 Å². The molecule has 84 valence electrons. The Morgan fingerprint density at radius 1 is 1.40 bits per heavy atom. The zero-order chi connectivity index (χ0) is 9.26. The van der Waals surface area contributed by atoms with Gasteiger partial charge in [-0.3, -0.25) is 9.78 Å². The van der Waals surface area contributed by atoms with Crippen LogP contribution in [0.2, 0.25) is 0 Å². The summed E-state index contributed by atoms with van der Waals surface area (Å²) in [4.78, 5) is 0. The van der Waals surface area contributed by atoms with Gasteiger partial charge in [-0.15, -0.1) is 24.8 Å². The molecule has 7 heteroatoms. The molecule has 0 spiro atoms. The molecule has 2 rings (SSSR count). The molecule has 3 N–H and O–H groups in total. The highest BCUT2D eigenvalue weighted by Gasteiger charge is 2.08. The Labute approximate surface area is 99.9 Å². The molecular weight excluding hydrogens is 237 g/mol. The van der Waals surface area contributed by atoms with E-state index in [-0.39, 0.29) is 30.9 Å². The fourth-order valence-corrected chi connectivity index (χ4v) is 1.21. The van der Waals surface area contributed by atoms with Crippen LogP contribution in [0, 0.1) is 0 Å². The fourth-order valence-electron chi connectivity index (χ4n) is 1.21. The maximum Gasteiger partial charge on any atom is 0.0771 e. The van der Waals surface area contributed by atoms with Crippen molar-refractivity contribution >= 4 is 30.5 Å². The SMILES string of the molecule is CC(c1cn[nH]c1)n1cc(N)cn1.Cl.Cl. The van der Waals surface area contributed by atoms with Gasteiger partial charge in [0.15, 0.2) is 0 Å². The van der Waals surface area contributed by atoms with E-state index in [1.807, 2.05) is 13.1 Å². The molecule has 0 saturated heterocycles. The van der Waals surface area contributed by atoms with Gasteiger partial charge in [0.05, 0.1) is 24.1 Å². The summed E-state index contributed by atoms with van der Waals surface area (Å²) in [5.74, 6) is 0. The van der Waals surface area contributed by atoms with E-state index in [0.717, 1.165) is 5.56 Å². The molecule has 0 aliphatic heterocycles. The maximum atomic E-state index is 5.56. The zero-order valence-electron chi connectivity index (χ0n) is 8.12. The number of hydrogen-bond donors (Lipinski definition) is 2. The summed E-state index contributed by atoms with van der Waals surface area (Å²) in [6, 6.07) is 0.163. The number of nitrogens with two attached hydrogens (primary N) is 1. The van der Waals surface area contributed by atoms with Crippen molar-refractivity contribution in [3.63, 3.8) is 0 Å². The van der Waals surface area contributed by atoms with E-state index in [1.165, 1.54) is 0 Å². The Morgan fingerprint density at radius 3 is 2.60 bits per heavy atom. The average Bonchev–Trinajstić information content (AvgIpc) is 2.72. The first-order valence-electron chi connectivity index (χ1n) is 4.05. The molecule has 0 radical (unpaired) electrons. The van der Waals surface area contributed by atoms with Crippen LogP contribution in [0.5, 0.6) is 0 Å². The van der Waals surface area contributed by atoms with Crippen LogP contribution in [0.4, 0.5) is 5.69 Å². The van der Waals surface area contributed by atoms with Crippen molar-refractivity contribution in [3.8, 4) is 0 Å². The van der Waals surface area contributed by atoms with Gasteiger partial charge in [0.2, 0.25) is 0 Å². The van der Waals surface area contributed by atoms with E-state index < -0.39 is 0 Å². The predicted molar refractivity (Wildman–Crippen MR) is 63.5 cm³/mol. The molecule has 0 aliphatic carbocycles. The molecule has 1 atom stereocenters. The number of nitrogen functional groups attached to an aromatic ring is 1. The number of aromatic nitrogens is 4. The van der Waals surface area contributed by atoms with Crippen LogP contribution in [0.25, 0.3) is 0 Å². The first-order valence-corrected chi connectivity index (χ1v) is 4.05. The van der Waals surface area contributed by atoms with Crippen molar-refractivity contribution in [2.45, 2.75) is 13.0 Å². The van der Waals surface area contributed by atoms with Crippen LogP contribution in [-0.4, -0.2) is 20.0 Å². The molecule has 0 aliphatic rings. The molecule has 1 unspecified atom stereocenters. The molecule has 2 heterocycles.